The molecule has 0 aromatic carbocycles. The van der Waals surface area contributed by atoms with E-state index in [0.717, 1.165) is 30.6 Å². The number of aryl methyl sites for hydroxylation is 1. The number of aromatic nitrogens is 2. The zero-order valence-corrected chi connectivity index (χ0v) is 12.5. The largest absolute Gasteiger partial charge is 0.383 e. The van der Waals surface area contributed by atoms with E-state index < -0.39 is 0 Å². The van der Waals surface area contributed by atoms with Gasteiger partial charge in [-0.05, 0) is 42.7 Å². The van der Waals surface area contributed by atoms with Gasteiger partial charge in [-0.2, -0.15) is 0 Å². The topological polar surface area (TPSA) is 63.8 Å². The molecule has 2 aromatic heterocycles. The van der Waals surface area contributed by atoms with Gasteiger partial charge in [-0.15, -0.1) is 11.3 Å². The van der Waals surface area contributed by atoms with Crippen molar-refractivity contribution in [3.05, 3.63) is 33.8 Å². The summed E-state index contributed by atoms with van der Waals surface area (Å²) in [7, 11) is 0. The highest BCUT2D eigenvalue weighted by molar-refractivity contribution is 7.10. The maximum Gasteiger partial charge on any atom is 0.135 e. The SMILES string of the molecule is CCCc1c(N)ncnc1NC1CCCc2sccc21. The molecule has 106 valence electrons. The molecule has 0 saturated heterocycles. The summed E-state index contributed by atoms with van der Waals surface area (Å²) in [6.45, 7) is 2.15. The third kappa shape index (κ3) is 2.50. The lowest BCUT2D eigenvalue weighted by Crippen LogP contribution is -2.18. The van der Waals surface area contributed by atoms with Gasteiger partial charge in [0.25, 0.3) is 0 Å². The summed E-state index contributed by atoms with van der Waals surface area (Å²) in [5, 5.41) is 5.78. The average molecular weight is 288 g/mol. The Morgan fingerprint density at radius 1 is 1.45 bits per heavy atom. The number of hydrogen-bond donors (Lipinski definition) is 2. The molecular formula is C15H20N4S. The zero-order valence-electron chi connectivity index (χ0n) is 11.7. The molecule has 1 aliphatic carbocycles. The fraction of sp³-hybridized carbons (Fsp3) is 0.467. The van der Waals surface area contributed by atoms with Crippen molar-refractivity contribution < 1.29 is 0 Å². The van der Waals surface area contributed by atoms with E-state index in [1.54, 1.807) is 6.33 Å². The number of thiophene rings is 1. The van der Waals surface area contributed by atoms with Gasteiger partial charge in [-0.1, -0.05) is 13.3 Å². The monoisotopic (exact) mass is 288 g/mol. The van der Waals surface area contributed by atoms with Gasteiger partial charge in [0.05, 0.1) is 6.04 Å². The normalized spacial score (nSPS) is 17.8. The summed E-state index contributed by atoms with van der Waals surface area (Å²) < 4.78 is 0. The quantitative estimate of drug-likeness (QED) is 0.903. The summed E-state index contributed by atoms with van der Waals surface area (Å²) in [5.41, 5.74) is 8.48. The van der Waals surface area contributed by atoms with Gasteiger partial charge in [0.2, 0.25) is 0 Å². The van der Waals surface area contributed by atoms with Crippen LogP contribution in [0.3, 0.4) is 0 Å². The van der Waals surface area contributed by atoms with Gasteiger partial charge in [-0.25, -0.2) is 9.97 Å². The minimum absolute atomic E-state index is 0.356. The van der Waals surface area contributed by atoms with E-state index in [0.29, 0.717) is 11.9 Å². The molecule has 0 aliphatic heterocycles. The standard InChI is InChI=1S/C15H20N4S/c1-2-4-11-14(16)17-9-18-15(11)19-12-5-3-6-13-10(12)7-8-20-13/h7-9,12H,2-6H2,1H3,(H3,16,17,18,19). The average Bonchev–Trinajstić information content (AvgIpc) is 2.92. The molecule has 0 saturated carbocycles. The molecule has 0 bridgehead atoms. The minimum atomic E-state index is 0.356. The van der Waals surface area contributed by atoms with Gasteiger partial charge < -0.3 is 11.1 Å². The molecule has 3 rings (SSSR count). The molecular weight excluding hydrogens is 268 g/mol. The van der Waals surface area contributed by atoms with Gasteiger partial charge >= 0.3 is 0 Å². The summed E-state index contributed by atoms with van der Waals surface area (Å²) >= 11 is 1.86. The van der Waals surface area contributed by atoms with Gasteiger partial charge in [-0.3, -0.25) is 0 Å². The third-order valence-electron chi connectivity index (χ3n) is 3.84. The molecule has 0 fully saturated rings. The van der Waals surface area contributed by atoms with Crippen molar-refractivity contribution in [3.63, 3.8) is 0 Å². The van der Waals surface area contributed by atoms with Crippen LogP contribution in [0, 0.1) is 0 Å². The molecule has 0 spiro atoms. The number of nitrogens with two attached hydrogens (primary N) is 1. The van der Waals surface area contributed by atoms with Crippen LogP contribution in [0.25, 0.3) is 0 Å². The van der Waals surface area contributed by atoms with Crippen molar-refractivity contribution in [2.45, 2.75) is 45.1 Å². The van der Waals surface area contributed by atoms with Crippen LogP contribution in [-0.4, -0.2) is 9.97 Å². The van der Waals surface area contributed by atoms with Crippen LogP contribution in [0.4, 0.5) is 11.6 Å². The Kier molecular flexibility index (Phi) is 3.87. The number of nitrogens with one attached hydrogen (secondary N) is 1. The maximum atomic E-state index is 6.00. The predicted molar refractivity (Wildman–Crippen MR) is 84.1 cm³/mol. The van der Waals surface area contributed by atoms with Crippen LogP contribution in [0.5, 0.6) is 0 Å². The lowest BCUT2D eigenvalue weighted by Gasteiger charge is -2.25. The number of hydrogen-bond acceptors (Lipinski definition) is 5. The Morgan fingerprint density at radius 3 is 3.20 bits per heavy atom. The highest BCUT2D eigenvalue weighted by atomic mass is 32.1. The van der Waals surface area contributed by atoms with Crippen LogP contribution in [-0.2, 0) is 12.8 Å². The van der Waals surface area contributed by atoms with Crippen molar-refractivity contribution in [3.8, 4) is 0 Å². The maximum absolute atomic E-state index is 6.00. The summed E-state index contributed by atoms with van der Waals surface area (Å²) in [4.78, 5) is 10.0. The summed E-state index contributed by atoms with van der Waals surface area (Å²) in [6, 6.07) is 2.59. The first-order chi connectivity index (χ1) is 9.79. The van der Waals surface area contributed by atoms with Gasteiger partial charge in [0.1, 0.15) is 18.0 Å². The van der Waals surface area contributed by atoms with E-state index in [2.05, 4.69) is 33.7 Å². The molecule has 20 heavy (non-hydrogen) atoms. The molecule has 0 radical (unpaired) electrons. The van der Waals surface area contributed by atoms with E-state index in [1.807, 2.05) is 11.3 Å². The molecule has 1 aliphatic rings. The van der Waals surface area contributed by atoms with E-state index in [9.17, 15) is 0 Å². The minimum Gasteiger partial charge on any atom is -0.383 e. The molecule has 0 amide bonds. The third-order valence-corrected chi connectivity index (χ3v) is 4.84. The van der Waals surface area contributed by atoms with E-state index in [1.165, 1.54) is 23.3 Å². The second kappa shape index (κ2) is 5.79. The molecule has 2 heterocycles. The first kappa shape index (κ1) is 13.4. The highest BCUT2D eigenvalue weighted by Crippen LogP contribution is 2.36. The van der Waals surface area contributed by atoms with Crippen molar-refractivity contribution in [2.24, 2.45) is 0 Å². The highest BCUT2D eigenvalue weighted by Gasteiger charge is 2.22. The molecule has 1 atom stereocenters. The van der Waals surface area contributed by atoms with Crippen molar-refractivity contribution in [2.75, 3.05) is 11.1 Å². The fourth-order valence-corrected chi connectivity index (χ4v) is 3.84. The Bertz CT molecular complexity index is 593. The predicted octanol–water partition coefficient (Wildman–Crippen LogP) is 3.56. The van der Waals surface area contributed by atoms with Crippen LogP contribution < -0.4 is 11.1 Å². The lowest BCUT2D eigenvalue weighted by molar-refractivity contribution is 0.606. The Morgan fingerprint density at radius 2 is 2.35 bits per heavy atom. The molecule has 2 aromatic rings. The number of anilines is 2. The van der Waals surface area contributed by atoms with Crippen LogP contribution in [0.2, 0.25) is 0 Å². The number of nitrogens with zero attached hydrogens (tertiary/aromatic N) is 2. The number of rotatable bonds is 4. The van der Waals surface area contributed by atoms with E-state index >= 15 is 0 Å². The summed E-state index contributed by atoms with van der Waals surface area (Å²) in [6.07, 6.45) is 7.10. The number of fused-ring (bicyclic) bond motifs is 1. The first-order valence-electron chi connectivity index (χ1n) is 7.21. The van der Waals surface area contributed by atoms with Crippen LogP contribution in [0.1, 0.15) is 48.2 Å². The number of nitrogen functional groups attached to an aromatic ring is 1. The Balaban J connectivity index is 1.88. The second-order valence-corrected chi connectivity index (χ2v) is 6.23. The van der Waals surface area contributed by atoms with Crippen molar-refractivity contribution in [1.82, 2.24) is 9.97 Å². The lowest BCUT2D eigenvalue weighted by atomic mass is 9.94. The van der Waals surface area contributed by atoms with E-state index in [4.69, 9.17) is 5.73 Å². The van der Waals surface area contributed by atoms with Crippen LogP contribution in [0.15, 0.2) is 17.8 Å². The molecule has 3 N–H and O–H groups in total. The molecule has 1 unspecified atom stereocenters. The summed E-state index contributed by atoms with van der Waals surface area (Å²) in [5.74, 6) is 1.51. The van der Waals surface area contributed by atoms with Gasteiger partial charge in [0, 0.05) is 10.4 Å². The van der Waals surface area contributed by atoms with Crippen LogP contribution >= 0.6 is 11.3 Å². The van der Waals surface area contributed by atoms with E-state index in [-0.39, 0.29) is 0 Å². The van der Waals surface area contributed by atoms with Crippen molar-refractivity contribution >= 4 is 23.0 Å². The Hall–Kier alpha value is -1.62. The zero-order chi connectivity index (χ0) is 13.9. The molecule has 4 nitrogen and oxygen atoms in total. The van der Waals surface area contributed by atoms with Gasteiger partial charge in [0.15, 0.2) is 0 Å². The molecule has 5 heteroatoms. The first-order valence-corrected chi connectivity index (χ1v) is 8.09. The smallest absolute Gasteiger partial charge is 0.135 e. The Labute approximate surface area is 123 Å². The second-order valence-electron chi connectivity index (χ2n) is 5.22. The fourth-order valence-electron chi connectivity index (χ4n) is 2.85. The van der Waals surface area contributed by atoms with Crippen molar-refractivity contribution in [1.29, 1.82) is 0 Å².